The first kappa shape index (κ1) is 27.2. The number of Topliss-reactive ketones (excluding diaryl/α,β-unsaturated/α-hetero) is 1. The van der Waals surface area contributed by atoms with Gasteiger partial charge in [0.2, 0.25) is 0 Å². The van der Waals surface area contributed by atoms with E-state index in [9.17, 15) is 14.0 Å². The third kappa shape index (κ3) is 6.43. The van der Waals surface area contributed by atoms with E-state index >= 15 is 0 Å². The van der Waals surface area contributed by atoms with Crippen LogP contribution in [0.5, 0.6) is 0 Å². The van der Waals surface area contributed by atoms with Gasteiger partial charge in [0.15, 0.2) is 5.78 Å². The first-order chi connectivity index (χ1) is 18.9. The first-order valence-corrected chi connectivity index (χ1v) is 14.3. The van der Waals surface area contributed by atoms with Crippen LogP contribution in [0.4, 0.5) is 15.8 Å². The van der Waals surface area contributed by atoms with Gasteiger partial charge in [-0.2, -0.15) is 0 Å². The summed E-state index contributed by atoms with van der Waals surface area (Å²) in [5, 5.41) is 0. The summed E-state index contributed by atoms with van der Waals surface area (Å²) in [7, 11) is 1.77. The second-order valence-corrected chi connectivity index (χ2v) is 11.3. The molecule has 0 aromatic heterocycles. The fourth-order valence-electron chi connectivity index (χ4n) is 5.10. The van der Waals surface area contributed by atoms with Crippen LogP contribution >= 0.6 is 11.8 Å². The summed E-state index contributed by atoms with van der Waals surface area (Å²) in [5.41, 5.74) is 4.67. The third-order valence-corrected chi connectivity index (χ3v) is 8.62. The molecule has 1 amide bonds. The number of halogens is 1. The van der Waals surface area contributed by atoms with Crippen molar-refractivity contribution in [3.05, 3.63) is 94.1 Å². The van der Waals surface area contributed by atoms with E-state index < -0.39 is 0 Å². The molecular formula is C32H34FN3O2S. The minimum Gasteiger partial charge on any atom is -0.369 e. The van der Waals surface area contributed by atoms with Gasteiger partial charge in [0.1, 0.15) is 5.82 Å². The molecule has 0 atom stereocenters. The van der Waals surface area contributed by atoms with Crippen molar-refractivity contribution >= 4 is 40.9 Å². The minimum absolute atomic E-state index is 0.0557. The summed E-state index contributed by atoms with van der Waals surface area (Å²) in [6, 6.07) is 20.4. The number of carbonyl (C=O) groups excluding carboxylic acids is 2. The van der Waals surface area contributed by atoms with Gasteiger partial charge in [-0.1, -0.05) is 42.1 Å². The zero-order valence-corrected chi connectivity index (χ0v) is 23.3. The van der Waals surface area contributed by atoms with Gasteiger partial charge in [-0.25, -0.2) is 4.39 Å². The van der Waals surface area contributed by atoms with E-state index in [1.165, 1.54) is 23.9 Å². The maximum atomic E-state index is 13.2. The number of nitrogens with zero attached hydrogens (tertiary/aromatic N) is 3. The standard InChI is InChI=1S/C32H34FN3O2S/c1-23-7-3-4-8-24(23)22-31-32(38)34(2)28-21-25(10-15-30(28)39-31)29(37)9-5-6-16-35-17-19-36(20-18-35)27-13-11-26(33)12-14-27/h3-4,7-8,10-15,21-22H,5-6,9,16-20H2,1-2H3/b31-22-. The number of amides is 1. The summed E-state index contributed by atoms with van der Waals surface area (Å²) >= 11 is 1.46. The van der Waals surface area contributed by atoms with E-state index in [4.69, 9.17) is 0 Å². The SMILES string of the molecule is Cc1ccccc1/C=C1\Sc2ccc(C(=O)CCCCN3CCN(c4ccc(F)cc4)CC3)cc2N(C)C1=O. The van der Waals surface area contributed by atoms with Crippen LogP contribution in [-0.2, 0) is 4.79 Å². The highest BCUT2D eigenvalue weighted by molar-refractivity contribution is 8.04. The highest BCUT2D eigenvalue weighted by Crippen LogP contribution is 2.42. The number of benzene rings is 3. The zero-order valence-electron chi connectivity index (χ0n) is 22.5. The van der Waals surface area contributed by atoms with Crippen molar-refractivity contribution < 1.29 is 14.0 Å². The Balaban J connectivity index is 1.11. The molecule has 3 aromatic rings. The number of fused-ring (bicyclic) bond motifs is 1. The Morgan fingerprint density at radius 2 is 1.72 bits per heavy atom. The molecule has 1 saturated heterocycles. The van der Waals surface area contributed by atoms with Gasteiger partial charge in [0, 0.05) is 55.8 Å². The molecule has 0 spiro atoms. The first-order valence-electron chi connectivity index (χ1n) is 13.5. The molecule has 202 valence electrons. The van der Waals surface area contributed by atoms with Crippen molar-refractivity contribution in [3.8, 4) is 0 Å². The number of anilines is 2. The van der Waals surface area contributed by atoms with Crippen LogP contribution in [0.1, 0.15) is 40.7 Å². The molecule has 0 N–H and O–H groups in total. The third-order valence-electron chi connectivity index (χ3n) is 7.54. The van der Waals surface area contributed by atoms with Crippen LogP contribution in [-0.4, -0.2) is 56.4 Å². The summed E-state index contributed by atoms with van der Waals surface area (Å²) in [5.74, 6) is -0.146. The number of hydrogen-bond acceptors (Lipinski definition) is 5. The van der Waals surface area contributed by atoms with Gasteiger partial charge in [0.05, 0.1) is 10.6 Å². The number of likely N-dealkylation sites (N-methyl/N-ethyl adjacent to an activating group) is 1. The van der Waals surface area contributed by atoms with Crippen molar-refractivity contribution in [3.63, 3.8) is 0 Å². The van der Waals surface area contributed by atoms with E-state index in [1.54, 1.807) is 11.9 Å². The Morgan fingerprint density at radius 1 is 0.974 bits per heavy atom. The Hall–Kier alpha value is -3.42. The predicted octanol–water partition coefficient (Wildman–Crippen LogP) is 6.42. The number of unbranched alkanes of at least 4 members (excludes halogenated alkanes) is 1. The van der Waals surface area contributed by atoms with Crippen LogP contribution in [0.25, 0.3) is 6.08 Å². The summed E-state index contributed by atoms with van der Waals surface area (Å²) in [6.45, 7) is 6.79. The number of hydrogen-bond donors (Lipinski definition) is 0. The van der Waals surface area contributed by atoms with E-state index in [0.29, 0.717) is 16.9 Å². The molecule has 2 heterocycles. The summed E-state index contributed by atoms with van der Waals surface area (Å²) in [4.78, 5) is 34.1. The Bertz CT molecular complexity index is 1380. The van der Waals surface area contributed by atoms with Gasteiger partial charge in [-0.3, -0.25) is 14.5 Å². The molecule has 5 nitrogen and oxygen atoms in total. The van der Waals surface area contributed by atoms with Gasteiger partial charge < -0.3 is 9.80 Å². The van der Waals surface area contributed by atoms with Gasteiger partial charge in [-0.15, -0.1) is 0 Å². The molecular weight excluding hydrogens is 509 g/mol. The van der Waals surface area contributed by atoms with Crippen molar-refractivity contribution in [1.82, 2.24) is 4.90 Å². The Labute approximate surface area is 234 Å². The minimum atomic E-state index is -0.207. The molecule has 0 unspecified atom stereocenters. The lowest BCUT2D eigenvalue weighted by Gasteiger charge is -2.36. The van der Waals surface area contributed by atoms with E-state index in [0.717, 1.165) is 73.0 Å². The molecule has 3 aromatic carbocycles. The maximum Gasteiger partial charge on any atom is 0.264 e. The van der Waals surface area contributed by atoms with E-state index in [1.807, 2.05) is 67.6 Å². The fraction of sp³-hybridized carbons (Fsp3) is 0.312. The number of rotatable bonds is 8. The lowest BCUT2D eigenvalue weighted by atomic mass is 10.0. The molecule has 0 bridgehead atoms. The number of carbonyl (C=O) groups is 2. The molecule has 39 heavy (non-hydrogen) atoms. The lowest BCUT2D eigenvalue weighted by molar-refractivity contribution is -0.114. The van der Waals surface area contributed by atoms with Gasteiger partial charge >= 0.3 is 0 Å². The molecule has 0 radical (unpaired) electrons. The summed E-state index contributed by atoms with van der Waals surface area (Å²) in [6.07, 6.45) is 4.25. The quantitative estimate of drug-likeness (QED) is 0.186. The molecule has 2 aliphatic rings. The smallest absolute Gasteiger partial charge is 0.264 e. The average Bonchev–Trinajstić information content (AvgIpc) is 2.95. The van der Waals surface area contributed by atoms with Crippen LogP contribution < -0.4 is 9.80 Å². The average molecular weight is 544 g/mol. The number of ketones is 1. The second-order valence-electron chi connectivity index (χ2n) is 10.2. The highest BCUT2D eigenvalue weighted by Gasteiger charge is 2.27. The summed E-state index contributed by atoms with van der Waals surface area (Å²) < 4.78 is 13.2. The maximum absolute atomic E-state index is 13.2. The van der Waals surface area contributed by atoms with Crippen LogP contribution in [0, 0.1) is 12.7 Å². The monoisotopic (exact) mass is 543 g/mol. The molecule has 0 aliphatic carbocycles. The molecule has 5 rings (SSSR count). The predicted molar refractivity (Wildman–Crippen MR) is 158 cm³/mol. The van der Waals surface area contributed by atoms with Crippen molar-refractivity contribution in [2.24, 2.45) is 0 Å². The van der Waals surface area contributed by atoms with Gasteiger partial charge in [-0.05, 0) is 79.9 Å². The zero-order chi connectivity index (χ0) is 27.4. The van der Waals surface area contributed by atoms with Crippen molar-refractivity contribution in [2.75, 3.05) is 49.6 Å². The van der Waals surface area contributed by atoms with Crippen molar-refractivity contribution in [2.45, 2.75) is 31.1 Å². The van der Waals surface area contributed by atoms with Crippen molar-refractivity contribution in [1.29, 1.82) is 0 Å². The Kier molecular flexibility index (Phi) is 8.48. The Morgan fingerprint density at radius 3 is 2.46 bits per heavy atom. The number of piperazine rings is 1. The lowest BCUT2D eigenvalue weighted by Crippen LogP contribution is -2.46. The van der Waals surface area contributed by atoms with Gasteiger partial charge in [0.25, 0.3) is 5.91 Å². The fourth-order valence-corrected chi connectivity index (χ4v) is 6.19. The normalized spacial score (nSPS) is 17.0. The van der Waals surface area contributed by atoms with E-state index in [2.05, 4.69) is 9.80 Å². The van der Waals surface area contributed by atoms with Crippen LogP contribution in [0.2, 0.25) is 0 Å². The van der Waals surface area contributed by atoms with Crippen LogP contribution in [0.15, 0.2) is 76.5 Å². The molecule has 2 aliphatic heterocycles. The van der Waals surface area contributed by atoms with Crippen LogP contribution in [0.3, 0.4) is 0 Å². The highest BCUT2D eigenvalue weighted by atomic mass is 32.2. The molecule has 0 saturated carbocycles. The van der Waals surface area contributed by atoms with E-state index in [-0.39, 0.29) is 17.5 Å². The second kappa shape index (κ2) is 12.2. The molecule has 7 heteroatoms. The largest absolute Gasteiger partial charge is 0.369 e. The number of aryl methyl sites for hydroxylation is 1. The molecule has 1 fully saturated rings. The number of thioether (sulfide) groups is 1. The topological polar surface area (TPSA) is 43.9 Å².